The number of Topliss-reactive ketones (excluding diaryl/α,β-unsaturated/α-hetero) is 1. The summed E-state index contributed by atoms with van der Waals surface area (Å²) in [6, 6.07) is 7.80. The van der Waals surface area contributed by atoms with Gasteiger partial charge in [0.15, 0.2) is 5.78 Å². The highest BCUT2D eigenvalue weighted by atomic mass is 127. The van der Waals surface area contributed by atoms with Crippen LogP contribution < -0.4 is 0 Å². The van der Waals surface area contributed by atoms with Crippen LogP contribution in [0.2, 0.25) is 0 Å². The van der Waals surface area contributed by atoms with Gasteiger partial charge in [-0.25, -0.2) is 0 Å². The van der Waals surface area contributed by atoms with Crippen molar-refractivity contribution in [2.45, 2.75) is 13.8 Å². The first-order valence-corrected chi connectivity index (χ1v) is 5.73. The average molecular weight is 311 g/mol. The third-order valence-corrected chi connectivity index (χ3v) is 2.95. The zero-order chi connectivity index (χ0) is 11.0. The van der Waals surface area contributed by atoms with Crippen LogP contribution in [0.15, 0.2) is 24.3 Å². The highest BCUT2D eigenvalue weighted by Crippen LogP contribution is 2.21. The summed E-state index contributed by atoms with van der Waals surface area (Å²) >= 11 is 2.24. The van der Waals surface area contributed by atoms with E-state index in [1.54, 1.807) is 6.92 Å². The lowest BCUT2D eigenvalue weighted by molar-refractivity contribution is 0.101. The highest BCUT2D eigenvalue weighted by molar-refractivity contribution is 14.1. The number of hydrogen-bond acceptors (Lipinski definition) is 2. The van der Waals surface area contributed by atoms with E-state index in [-0.39, 0.29) is 5.78 Å². The molecule has 0 spiro atoms. The monoisotopic (exact) mass is 311 g/mol. The number of fused-ring (bicyclic) bond motifs is 1. The fraction of sp³-hybridized carbons (Fsp3) is 0.167. The van der Waals surface area contributed by atoms with Crippen molar-refractivity contribution in [3.8, 4) is 0 Å². The minimum atomic E-state index is 0.0903. The van der Waals surface area contributed by atoms with E-state index >= 15 is 0 Å². The molecule has 2 aromatic rings. The average Bonchev–Trinajstić information content (AvgIpc) is 2.17. The quantitative estimate of drug-likeness (QED) is 0.597. The van der Waals surface area contributed by atoms with Crippen LogP contribution in [0.5, 0.6) is 0 Å². The third-order valence-electron chi connectivity index (χ3n) is 2.28. The Hall–Kier alpha value is -0.970. The van der Waals surface area contributed by atoms with Crippen LogP contribution >= 0.6 is 22.6 Å². The third kappa shape index (κ3) is 2.02. The molecule has 0 atom stereocenters. The van der Waals surface area contributed by atoms with E-state index in [2.05, 4.69) is 27.6 Å². The van der Waals surface area contributed by atoms with Crippen molar-refractivity contribution in [3.05, 3.63) is 39.1 Å². The number of hydrogen-bond donors (Lipinski definition) is 0. The molecule has 2 nitrogen and oxygen atoms in total. The maximum atomic E-state index is 11.5. The van der Waals surface area contributed by atoms with Crippen molar-refractivity contribution in [3.63, 3.8) is 0 Å². The van der Waals surface area contributed by atoms with E-state index in [1.165, 1.54) is 0 Å². The van der Waals surface area contributed by atoms with Gasteiger partial charge < -0.3 is 0 Å². The lowest BCUT2D eigenvalue weighted by atomic mass is 10.1. The highest BCUT2D eigenvalue weighted by Gasteiger charge is 2.07. The molecule has 2 rings (SSSR count). The Morgan fingerprint density at radius 3 is 2.73 bits per heavy atom. The number of pyridine rings is 1. The molecule has 0 aliphatic heterocycles. The van der Waals surface area contributed by atoms with Gasteiger partial charge in [0.25, 0.3) is 0 Å². The van der Waals surface area contributed by atoms with Crippen molar-refractivity contribution < 1.29 is 4.79 Å². The predicted octanol–water partition coefficient (Wildman–Crippen LogP) is 3.35. The number of nitrogens with zero attached hydrogens (tertiary/aromatic N) is 1. The maximum Gasteiger partial charge on any atom is 0.160 e. The Morgan fingerprint density at radius 2 is 2.07 bits per heavy atom. The zero-order valence-corrected chi connectivity index (χ0v) is 10.7. The fourth-order valence-electron chi connectivity index (χ4n) is 1.62. The fourth-order valence-corrected chi connectivity index (χ4v) is 2.11. The number of carbonyl (C=O) groups excluding carboxylic acids is 1. The number of aryl methyl sites for hydroxylation is 1. The van der Waals surface area contributed by atoms with Gasteiger partial charge in [-0.2, -0.15) is 0 Å². The minimum Gasteiger partial charge on any atom is -0.294 e. The number of benzene rings is 1. The number of rotatable bonds is 1. The molecular weight excluding hydrogens is 301 g/mol. The smallest absolute Gasteiger partial charge is 0.160 e. The largest absolute Gasteiger partial charge is 0.294 e. The van der Waals surface area contributed by atoms with E-state index in [0.717, 1.165) is 25.7 Å². The van der Waals surface area contributed by atoms with Crippen LogP contribution in [0.3, 0.4) is 0 Å². The Bertz CT molecular complexity index is 549. The van der Waals surface area contributed by atoms with Gasteiger partial charge in [-0.05, 0) is 60.7 Å². The van der Waals surface area contributed by atoms with Gasteiger partial charge in [0, 0.05) is 20.2 Å². The van der Waals surface area contributed by atoms with E-state index in [9.17, 15) is 4.79 Å². The molecule has 0 saturated carbocycles. The lowest BCUT2D eigenvalue weighted by Crippen LogP contribution is -1.97. The number of aromatic nitrogens is 1. The second kappa shape index (κ2) is 3.89. The molecule has 0 bridgehead atoms. The molecule has 0 aliphatic rings. The van der Waals surface area contributed by atoms with Crippen LogP contribution in [0.1, 0.15) is 23.0 Å². The molecule has 15 heavy (non-hydrogen) atoms. The molecule has 1 heterocycles. The molecule has 0 unspecified atom stereocenters. The lowest BCUT2D eigenvalue weighted by Gasteiger charge is -2.05. The second-order valence-corrected chi connectivity index (χ2v) is 4.77. The first-order chi connectivity index (χ1) is 7.08. The Labute approximate surface area is 102 Å². The first-order valence-electron chi connectivity index (χ1n) is 4.66. The second-order valence-electron chi connectivity index (χ2n) is 3.53. The van der Waals surface area contributed by atoms with Gasteiger partial charge in [-0.1, -0.05) is 0 Å². The van der Waals surface area contributed by atoms with Gasteiger partial charge in [0.05, 0.1) is 5.52 Å². The Balaban J connectivity index is 2.87. The van der Waals surface area contributed by atoms with Gasteiger partial charge in [-0.3, -0.25) is 9.78 Å². The molecule has 0 saturated heterocycles. The van der Waals surface area contributed by atoms with E-state index in [0.29, 0.717) is 0 Å². The molecule has 0 amide bonds. The molecule has 76 valence electrons. The van der Waals surface area contributed by atoms with Crippen molar-refractivity contribution in [2.75, 3.05) is 0 Å². The van der Waals surface area contributed by atoms with Crippen molar-refractivity contribution in [2.24, 2.45) is 0 Å². The van der Waals surface area contributed by atoms with Gasteiger partial charge in [0.1, 0.15) is 0 Å². The Kier molecular flexibility index (Phi) is 2.73. The van der Waals surface area contributed by atoms with Crippen molar-refractivity contribution in [1.82, 2.24) is 4.98 Å². The summed E-state index contributed by atoms with van der Waals surface area (Å²) < 4.78 is 1.12. The topological polar surface area (TPSA) is 30.0 Å². The van der Waals surface area contributed by atoms with Crippen molar-refractivity contribution in [1.29, 1.82) is 0 Å². The Morgan fingerprint density at radius 1 is 1.33 bits per heavy atom. The summed E-state index contributed by atoms with van der Waals surface area (Å²) in [7, 11) is 0. The van der Waals surface area contributed by atoms with Crippen LogP contribution in [0.4, 0.5) is 0 Å². The number of carbonyl (C=O) groups is 1. The van der Waals surface area contributed by atoms with Crippen LogP contribution in [0.25, 0.3) is 10.9 Å². The molecule has 3 heteroatoms. The number of ketones is 1. The molecule has 0 fully saturated rings. The summed E-state index contributed by atoms with van der Waals surface area (Å²) in [5.74, 6) is 0.0903. The van der Waals surface area contributed by atoms with E-state index in [4.69, 9.17) is 0 Å². The molecular formula is C12H10INO. The van der Waals surface area contributed by atoms with Crippen LogP contribution in [-0.4, -0.2) is 10.8 Å². The SMILES string of the molecule is CC(=O)c1cc(C)nc2ccc(I)cc12. The molecule has 0 aliphatic carbocycles. The zero-order valence-electron chi connectivity index (χ0n) is 8.54. The number of halogens is 1. The van der Waals surface area contributed by atoms with Crippen molar-refractivity contribution >= 4 is 39.3 Å². The molecule has 0 N–H and O–H groups in total. The van der Waals surface area contributed by atoms with Crippen LogP contribution in [-0.2, 0) is 0 Å². The minimum absolute atomic E-state index is 0.0903. The summed E-state index contributed by atoms with van der Waals surface area (Å²) in [6.45, 7) is 3.50. The maximum absolute atomic E-state index is 11.5. The van der Waals surface area contributed by atoms with Gasteiger partial charge in [-0.15, -0.1) is 0 Å². The normalized spacial score (nSPS) is 10.6. The predicted molar refractivity (Wildman–Crippen MR) is 69.2 cm³/mol. The standard InChI is InChI=1S/C12H10INO/c1-7-5-10(8(2)15)11-6-9(13)3-4-12(11)14-7/h3-6H,1-2H3. The molecule has 0 radical (unpaired) electrons. The summed E-state index contributed by atoms with van der Waals surface area (Å²) in [6.07, 6.45) is 0. The van der Waals surface area contributed by atoms with E-state index in [1.807, 2.05) is 31.2 Å². The van der Waals surface area contributed by atoms with Gasteiger partial charge in [0.2, 0.25) is 0 Å². The molecule has 1 aromatic heterocycles. The van der Waals surface area contributed by atoms with Gasteiger partial charge >= 0.3 is 0 Å². The summed E-state index contributed by atoms with van der Waals surface area (Å²) in [4.78, 5) is 15.9. The van der Waals surface area contributed by atoms with E-state index < -0.39 is 0 Å². The summed E-state index contributed by atoms with van der Waals surface area (Å²) in [5, 5.41) is 0.944. The summed E-state index contributed by atoms with van der Waals surface area (Å²) in [5.41, 5.74) is 2.53. The molecule has 1 aromatic carbocycles. The first kappa shape index (κ1) is 10.5. The van der Waals surface area contributed by atoms with Crippen LogP contribution in [0, 0.1) is 10.5 Å².